The molecular formula is C57H47N. The van der Waals surface area contributed by atoms with E-state index < -0.39 is 0 Å². The molecule has 5 aliphatic carbocycles. The van der Waals surface area contributed by atoms with Crippen LogP contribution in [0.5, 0.6) is 0 Å². The van der Waals surface area contributed by atoms with Crippen LogP contribution in [0.2, 0.25) is 0 Å². The highest BCUT2D eigenvalue weighted by Gasteiger charge is 2.61. The molecule has 0 unspecified atom stereocenters. The van der Waals surface area contributed by atoms with E-state index in [2.05, 4.69) is 194 Å². The summed E-state index contributed by atoms with van der Waals surface area (Å²) in [7, 11) is 0. The van der Waals surface area contributed by atoms with Crippen molar-refractivity contribution < 1.29 is 0 Å². The van der Waals surface area contributed by atoms with E-state index in [0.717, 1.165) is 40.7 Å². The molecule has 58 heavy (non-hydrogen) atoms. The molecule has 1 heteroatoms. The van der Waals surface area contributed by atoms with Crippen LogP contribution in [-0.2, 0) is 5.41 Å². The molecule has 0 heterocycles. The Labute approximate surface area is 342 Å². The minimum Gasteiger partial charge on any atom is -0.310 e. The molecule has 1 spiro atoms. The van der Waals surface area contributed by atoms with Crippen LogP contribution in [0, 0.1) is 30.6 Å². The molecule has 8 aromatic carbocycles. The zero-order valence-electron chi connectivity index (χ0n) is 33.1. The van der Waals surface area contributed by atoms with E-state index >= 15 is 0 Å². The van der Waals surface area contributed by atoms with Crippen molar-refractivity contribution in [1.29, 1.82) is 0 Å². The molecular weight excluding hydrogens is 699 g/mol. The van der Waals surface area contributed by atoms with E-state index in [-0.39, 0.29) is 5.41 Å². The fourth-order valence-electron chi connectivity index (χ4n) is 12.3. The largest absolute Gasteiger partial charge is 0.310 e. The topological polar surface area (TPSA) is 3.24 Å². The fourth-order valence-corrected chi connectivity index (χ4v) is 12.3. The summed E-state index contributed by atoms with van der Waals surface area (Å²) < 4.78 is 0. The van der Waals surface area contributed by atoms with Gasteiger partial charge in [0.25, 0.3) is 0 Å². The number of rotatable bonds is 6. The molecule has 0 amide bonds. The first-order valence-electron chi connectivity index (χ1n) is 21.5. The lowest BCUT2D eigenvalue weighted by molar-refractivity contribution is -0.0399. The molecule has 5 aliphatic rings. The van der Waals surface area contributed by atoms with Crippen molar-refractivity contribution in [2.75, 3.05) is 4.90 Å². The zero-order chi connectivity index (χ0) is 38.4. The molecule has 0 radical (unpaired) electrons. The molecule has 1 nitrogen and oxygen atoms in total. The molecule has 4 bridgehead atoms. The Hall–Kier alpha value is -6.18. The molecule has 0 aromatic heterocycles. The quantitative estimate of drug-likeness (QED) is 0.164. The number of anilines is 3. The molecule has 0 saturated heterocycles. The summed E-state index contributed by atoms with van der Waals surface area (Å²) in [5, 5.41) is 2.52. The standard InChI is InChI=1S/C57H47N/c1-37-12-21-50(22-13-37)58(51-23-16-42(17-24-51)40-8-4-2-5-9-40)52-25-18-44-33-43(14-15-45(44)34-52)47-20-27-54-53-26-19-46(41-10-6-3-7-11-41)35-55(53)57(56(54)36-47)48-29-38-28-39(31-48)32-49(57)30-38/h2-27,33-36,38-39,48-49H,28-32H2,1H3. The SMILES string of the molecule is Cc1ccc(N(c2ccc(-c3ccccc3)cc2)c2ccc3cc(-c4ccc5c(c4)C4(c6cc(-c7ccccc7)ccc6-5)C5CC6CC(C5)CC4C6)ccc3c2)cc1. The highest BCUT2D eigenvalue weighted by Crippen LogP contribution is 2.69. The van der Waals surface area contributed by atoms with Gasteiger partial charge in [0, 0.05) is 22.5 Å². The molecule has 8 aromatic rings. The number of hydrogen-bond donors (Lipinski definition) is 0. The predicted molar refractivity (Wildman–Crippen MR) is 243 cm³/mol. The van der Waals surface area contributed by atoms with Crippen molar-refractivity contribution in [1.82, 2.24) is 0 Å². The van der Waals surface area contributed by atoms with Crippen LogP contribution in [0.1, 0.15) is 48.8 Å². The van der Waals surface area contributed by atoms with Gasteiger partial charge in [-0.15, -0.1) is 0 Å². The Morgan fingerprint density at radius 3 is 1.41 bits per heavy atom. The van der Waals surface area contributed by atoms with Crippen LogP contribution in [0.25, 0.3) is 55.3 Å². The summed E-state index contributed by atoms with van der Waals surface area (Å²) in [6.07, 6.45) is 7.03. The van der Waals surface area contributed by atoms with Crippen molar-refractivity contribution in [3.63, 3.8) is 0 Å². The van der Waals surface area contributed by atoms with Gasteiger partial charge in [-0.05, 0) is 184 Å². The maximum Gasteiger partial charge on any atom is 0.0468 e. The Morgan fingerprint density at radius 1 is 0.379 bits per heavy atom. The van der Waals surface area contributed by atoms with E-state index in [1.165, 1.54) is 92.9 Å². The number of hydrogen-bond acceptors (Lipinski definition) is 1. The minimum atomic E-state index is 0.114. The highest BCUT2D eigenvalue weighted by atomic mass is 15.1. The average Bonchev–Trinajstić information content (AvgIpc) is 3.56. The van der Waals surface area contributed by atoms with Crippen LogP contribution in [0.15, 0.2) is 182 Å². The maximum absolute atomic E-state index is 2.63. The smallest absolute Gasteiger partial charge is 0.0468 e. The van der Waals surface area contributed by atoms with E-state index in [9.17, 15) is 0 Å². The highest BCUT2D eigenvalue weighted by molar-refractivity contribution is 5.93. The van der Waals surface area contributed by atoms with Gasteiger partial charge >= 0.3 is 0 Å². The summed E-state index contributed by atoms with van der Waals surface area (Å²) >= 11 is 0. The van der Waals surface area contributed by atoms with Crippen molar-refractivity contribution in [3.05, 3.63) is 199 Å². The van der Waals surface area contributed by atoms with E-state index in [0.29, 0.717) is 0 Å². The molecule has 4 saturated carbocycles. The van der Waals surface area contributed by atoms with E-state index in [1.807, 2.05) is 0 Å². The van der Waals surface area contributed by atoms with Gasteiger partial charge in [-0.25, -0.2) is 0 Å². The van der Waals surface area contributed by atoms with Gasteiger partial charge in [0.1, 0.15) is 0 Å². The maximum atomic E-state index is 2.63. The molecule has 13 rings (SSSR count). The average molecular weight is 746 g/mol. The number of nitrogens with zero attached hydrogens (tertiary/aromatic N) is 1. The molecule has 4 fully saturated rings. The monoisotopic (exact) mass is 745 g/mol. The molecule has 280 valence electrons. The predicted octanol–water partition coefficient (Wildman–Crippen LogP) is 15.3. The Balaban J connectivity index is 0.931. The molecule has 0 aliphatic heterocycles. The summed E-state index contributed by atoms with van der Waals surface area (Å²) in [6.45, 7) is 2.15. The summed E-state index contributed by atoms with van der Waals surface area (Å²) in [5.41, 5.74) is 18.8. The number of fused-ring (bicyclic) bond motifs is 4. The Kier molecular flexibility index (Phi) is 7.71. The lowest BCUT2D eigenvalue weighted by Crippen LogP contribution is -2.55. The van der Waals surface area contributed by atoms with Crippen LogP contribution < -0.4 is 4.90 Å². The lowest BCUT2D eigenvalue weighted by atomic mass is 9.43. The third-order valence-corrected chi connectivity index (χ3v) is 14.7. The second-order valence-corrected chi connectivity index (χ2v) is 17.9. The first-order chi connectivity index (χ1) is 28.6. The van der Waals surface area contributed by atoms with Gasteiger partial charge in [-0.2, -0.15) is 0 Å². The van der Waals surface area contributed by atoms with Crippen LogP contribution in [-0.4, -0.2) is 0 Å². The van der Waals surface area contributed by atoms with Gasteiger partial charge in [0.05, 0.1) is 0 Å². The lowest BCUT2D eigenvalue weighted by Gasteiger charge is -2.61. The first-order valence-corrected chi connectivity index (χ1v) is 21.5. The zero-order valence-corrected chi connectivity index (χ0v) is 33.1. The number of benzene rings is 8. The first kappa shape index (κ1) is 33.9. The van der Waals surface area contributed by atoms with Crippen molar-refractivity contribution in [2.24, 2.45) is 23.7 Å². The Bertz CT molecular complexity index is 2800. The van der Waals surface area contributed by atoms with Gasteiger partial charge in [-0.3, -0.25) is 0 Å². The van der Waals surface area contributed by atoms with E-state index in [1.54, 1.807) is 11.1 Å². The Morgan fingerprint density at radius 2 is 0.810 bits per heavy atom. The van der Waals surface area contributed by atoms with Crippen molar-refractivity contribution in [3.8, 4) is 44.5 Å². The summed E-state index contributed by atoms with van der Waals surface area (Å²) in [5.74, 6) is 3.29. The van der Waals surface area contributed by atoms with Crippen LogP contribution in [0.3, 0.4) is 0 Å². The van der Waals surface area contributed by atoms with Crippen molar-refractivity contribution >= 4 is 27.8 Å². The third-order valence-electron chi connectivity index (χ3n) is 14.7. The van der Waals surface area contributed by atoms with Crippen molar-refractivity contribution in [2.45, 2.75) is 44.4 Å². The normalized spacial score (nSPS) is 22.3. The van der Waals surface area contributed by atoms with Gasteiger partial charge in [0.2, 0.25) is 0 Å². The number of aryl methyl sites for hydroxylation is 1. The van der Waals surface area contributed by atoms with Gasteiger partial charge in [-0.1, -0.05) is 133 Å². The molecule has 0 atom stereocenters. The fraction of sp³-hybridized carbons (Fsp3) is 0.193. The molecule has 0 N–H and O–H groups in total. The van der Waals surface area contributed by atoms with Crippen LogP contribution >= 0.6 is 0 Å². The third kappa shape index (κ3) is 5.29. The minimum absolute atomic E-state index is 0.114. The van der Waals surface area contributed by atoms with Crippen LogP contribution in [0.4, 0.5) is 17.1 Å². The second-order valence-electron chi connectivity index (χ2n) is 17.9. The van der Waals surface area contributed by atoms with Gasteiger partial charge < -0.3 is 4.90 Å². The van der Waals surface area contributed by atoms with Gasteiger partial charge in [0.15, 0.2) is 0 Å². The summed E-state index contributed by atoms with van der Waals surface area (Å²) in [4.78, 5) is 2.38. The second kappa shape index (κ2) is 13.2. The summed E-state index contributed by atoms with van der Waals surface area (Å²) in [6, 6.07) is 68.6. The van der Waals surface area contributed by atoms with E-state index in [4.69, 9.17) is 0 Å².